The first-order valence-corrected chi connectivity index (χ1v) is 15.2. The molecule has 1 N–H and O–H groups in total. The van der Waals surface area contributed by atoms with Crippen LogP contribution in [0.2, 0.25) is 10.0 Å². The zero-order chi connectivity index (χ0) is 27.0. The fraction of sp³-hybridized carbons (Fsp3) is 0.276. The summed E-state index contributed by atoms with van der Waals surface area (Å²) >= 11 is 17.3. The lowest BCUT2D eigenvalue weighted by atomic mass is 9.74. The molecule has 2 aromatic carbocycles. The number of nitrogens with zero attached hydrogens (tertiary/aromatic N) is 4. The topological polar surface area (TPSA) is 61.4 Å². The highest BCUT2D eigenvalue weighted by molar-refractivity contribution is 9.10. The van der Waals surface area contributed by atoms with Crippen molar-refractivity contribution in [2.75, 3.05) is 31.1 Å². The summed E-state index contributed by atoms with van der Waals surface area (Å²) in [6.07, 6.45) is 7.94. The smallest absolute Gasteiger partial charge is 0.322 e. The molecule has 0 radical (unpaired) electrons. The zero-order valence-electron chi connectivity index (χ0n) is 21.0. The van der Waals surface area contributed by atoms with E-state index in [0.717, 1.165) is 59.4 Å². The number of hydrogen-bond acceptors (Lipinski definition) is 5. The molecule has 2 aliphatic rings. The number of likely N-dealkylation sites (tertiary alicyclic amines) is 1. The predicted molar refractivity (Wildman–Crippen MR) is 164 cm³/mol. The van der Waals surface area contributed by atoms with Crippen molar-refractivity contribution in [1.29, 1.82) is 0 Å². The van der Waals surface area contributed by atoms with E-state index in [0.29, 0.717) is 23.1 Å². The Hall–Kier alpha value is -2.49. The Labute approximate surface area is 249 Å². The van der Waals surface area contributed by atoms with Gasteiger partial charge < -0.3 is 5.32 Å². The van der Waals surface area contributed by atoms with Crippen LogP contribution in [0, 0.1) is 0 Å². The molecule has 2 aliphatic heterocycles. The van der Waals surface area contributed by atoms with E-state index in [1.807, 2.05) is 40.7 Å². The molecule has 6 rings (SSSR count). The van der Waals surface area contributed by atoms with Gasteiger partial charge >= 0.3 is 6.03 Å². The van der Waals surface area contributed by atoms with Crippen LogP contribution in [0.4, 0.5) is 10.5 Å². The van der Waals surface area contributed by atoms with Crippen LogP contribution in [0.1, 0.15) is 29.5 Å². The maximum atomic E-state index is 13.5. The van der Waals surface area contributed by atoms with E-state index in [2.05, 4.69) is 55.4 Å². The molecule has 0 atom stereocenters. The number of benzene rings is 2. The quantitative estimate of drug-likeness (QED) is 0.229. The van der Waals surface area contributed by atoms with Crippen LogP contribution < -0.4 is 10.2 Å². The van der Waals surface area contributed by atoms with E-state index in [4.69, 9.17) is 28.2 Å². The van der Waals surface area contributed by atoms with Gasteiger partial charge in [0.2, 0.25) is 0 Å². The molecule has 2 aromatic heterocycles. The van der Waals surface area contributed by atoms with Crippen LogP contribution in [0.3, 0.4) is 0 Å². The third-order valence-electron chi connectivity index (χ3n) is 7.67. The Balaban J connectivity index is 1.18. The molecular weight excluding hydrogens is 617 g/mol. The van der Waals surface area contributed by atoms with E-state index >= 15 is 0 Å². The molecule has 4 heterocycles. The molecule has 4 aromatic rings. The summed E-state index contributed by atoms with van der Waals surface area (Å²) in [6, 6.07) is 13.6. The van der Waals surface area contributed by atoms with E-state index in [1.54, 1.807) is 17.5 Å². The van der Waals surface area contributed by atoms with Crippen LogP contribution in [0.15, 0.2) is 64.9 Å². The number of carbonyl (C=O) groups excluding carboxylic acids is 1. The fourth-order valence-corrected chi connectivity index (χ4v) is 7.07. The Morgan fingerprint density at radius 2 is 1.95 bits per heavy atom. The maximum absolute atomic E-state index is 13.5. The van der Waals surface area contributed by atoms with Crippen LogP contribution in [0.25, 0.3) is 16.3 Å². The number of halogens is 3. The summed E-state index contributed by atoms with van der Waals surface area (Å²) in [5.74, 6) is 0. The third kappa shape index (κ3) is 5.45. The van der Waals surface area contributed by atoms with Gasteiger partial charge in [0, 0.05) is 36.8 Å². The van der Waals surface area contributed by atoms with Crippen molar-refractivity contribution in [3.05, 3.63) is 91.6 Å². The first kappa shape index (κ1) is 26.7. The van der Waals surface area contributed by atoms with E-state index in [1.165, 1.54) is 10.3 Å². The lowest BCUT2D eigenvalue weighted by molar-refractivity contribution is 0.180. The molecule has 0 saturated carbocycles. The van der Waals surface area contributed by atoms with Gasteiger partial charge in [-0.3, -0.25) is 9.80 Å². The minimum absolute atomic E-state index is 0.0809. The maximum Gasteiger partial charge on any atom is 0.322 e. The summed E-state index contributed by atoms with van der Waals surface area (Å²) in [5.41, 5.74) is 7.09. The van der Waals surface area contributed by atoms with Crippen LogP contribution in [0.5, 0.6) is 0 Å². The zero-order valence-corrected chi connectivity index (χ0v) is 25.0. The summed E-state index contributed by atoms with van der Waals surface area (Å²) < 4.78 is 1.92. The van der Waals surface area contributed by atoms with Gasteiger partial charge in [-0.1, -0.05) is 41.4 Å². The van der Waals surface area contributed by atoms with Crippen molar-refractivity contribution in [2.24, 2.45) is 0 Å². The second-order valence-electron chi connectivity index (χ2n) is 10.0. The molecule has 200 valence electrons. The summed E-state index contributed by atoms with van der Waals surface area (Å²) in [4.78, 5) is 26.8. The van der Waals surface area contributed by atoms with Crippen molar-refractivity contribution >= 4 is 78.5 Å². The first-order valence-electron chi connectivity index (χ1n) is 12.8. The van der Waals surface area contributed by atoms with E-state index in [9.17, 15) is 4.79 Å². The number of fused-ring (bicyclic) bond motifs is 4. The van der Waals surface area contributed by atoms with Gasteiger partial charge in [-0.25, -0.2) is 14.8 Å². The lowest BCUT2D eigenvalue weighted by Crippen LogP contribution is -2.47. The first-order chi connectivity index (χ1) is 18.9. The van der Waals surface area contributed by atoms with Gasteiger partial charge in [0.15, 0.2) is 0 Å². The molecular formula is C29H26BrCl2N5OS. The van der Waals surface area contributed by atoms with Crippen LogP contribution in [-0.2, 0) is 12.0 Å². The molecule has 39 heavy (non-hydrogen) atoms. The minimum atomic E-state index is -0.107. The van der Waals surface area contributed by atoms with Crippen molar-refractivity contribution in [2.45, 2.75) is 24.8 Å². The largest absolute Gasteiger partial charge is 0.334 e. The molecule has 2 amide bonds. The number of anilines is 1. The molecule has 1 saturated heterocycles. The van der Waals surface area contributed by atoms with Crippen LogP contribution >= 0.6 is 50.5 Å². The monoisotopic (exact) mass is 641 g/mol. The molecule has 0 unspecified atom stereocenters. The van der Waals surface area contributed by atoms with Gasteiger partial charge in [0.1, 0.15) is 4.60 Å². The standard InChI is InChI=1S/C29H26BrCl2N5OS/c30-25-15-20(7-10-33-25)16-34-28(38)37-17-29(26-23(37)5-6-24-27(26)35-18-39-24)8-12-36(13-9-29)11-1-2-19-3-4-21(31)22(32)14-19/h1-7,10,14-15,18H,8-9,11-13,16-17H2,(H,34,38)/b2-1+. The lowest BCUT2D eigenvalue weighted by Gasteiger charge is -2.39. The highest BCUT2D eigenvalue weighted by Crippen LogP contribution is 2.50. The summed E-state index contributed by atoms with van der Waals surface area (Å²) in [5, 5.41) is 4.24. The number of rotatable bonds is 5. The highest BCUT2D eigenvalue weighted by Gasteiger charge is 2.47. The molecule has 1 fully saturated rings. The fourth-order valence-electron chi connectivity index (χ4n) is 5.67. The summed E-state index contributed by atoms with van der Waals surface area (Å²) in [6.45, 7) is 3.86. The molecule has 6 nitrogen and oxygen atoms in total. The number of urea groups is 1. The highest BCUT2D eigenvalue weighted by atomic mass is 79.9. The number of thiazole rings is 1. The van der Waals surface area contributed by atoms with Gasteiger partial charge in [-0.2, -0.15) is 0 Å². The third-order valence-corrected chi connectivity index (χ3v) is 9.64. The van der Waals surface area contributed by atoms with Gasteiger partial charge in [0.05, 0.1) is 31.5 Å². The van der Waals surface area contributed by atoms with Gasteiger partial charge in [0.25, 0.3) is 0 Å². The molecule has 1 spiro atoms. The van der Waals surface area contributed by atoms with E-state index in [-0.39, 0.29) is 11.4 Å². The number of nitrogens with one attached hydrogen (secondary N) is 1. The van der Waals surface area contributed by atoms with Gasteiger partial charge in [-0.15, -0.1) is 11.3 Å². The van der Waals surface area contributed by atoms with Crippen molar-refractivity contribution in [3.63, 3.8) is 0 Å². The number of amides is 2. The molecule has 10 heteroatoms. The Bertz CT molecular complexity index is 1570. The average Bonchev–Trinajstić information content (AvgIpc) is 3.53. The van der Waals surface area contributed by atoms with Crippen molar-refractivity contribution < 1.29 is 4.79 Å². The molecule has 0 bridgehead atoms. The second kappa shape index (κ2) is 11.2. The Morgan fingerprint density at radius 1 is 1.10 bits per heavy atom. The second-order valence-corrected chi connectivity index (χ2v) is 12.6. The average molecular weight is 643 g/mol. The van der Waals surface area contributed by atoms with Gasteiger partial charge in [-0.05, 0) is 89.4 Å². The number of pyridine rings is 1. The number of carbonyl (C=O) groups is 1. The Morgan fingerprint density at radius 3 is 2.74 bits per heavy atom. The number of piperidine rings is 1. The van der Waals surface area contributed by atoms with E-state index < -0.39 is 0 Å². The number of hydrogen-bond donors (Lipinski definition) is 1. The predicted octanol–water partition coefficient (Wildman–Crippen LogP) is 7.54. The van der Waals surface area contributed by atoms with Crippen LogP contribution in [-0.4, -0.2) is 47.1 Å². The Kier molecular flexibility index (Phi) is 7.66. The van der Waals surface area contributed by atoms with Crippen molar-refractivity contribution in [1.82, 2.24) is 20.2 Å². The molecule has 0 aliphatic carbocycles. The normalized spacial score (nSPS) is 16.8. The summed E-state index contributed by atoms with van der Waals surface area (Å²) in [7, 11) is 0. The number of aromatic nitrogens is 2. The SMILES string of the molecule is O=C(NCc1ccnc(Br)c1)N1CC2(CCN(C/C=C/c3ccc(Cl)c(Cl)c3)CC2)c2c1ccc1scnc21. The minimum Gasteiger partial charge on any atom is -0.334 e. The van der Waals surface area contributed by atoms with Crippen molar-refractivity contribution in [3.8, 4) is 0 Å².